The number of aliphatic imine (C=N–C) groups is 1. The largest absolute Gasteiger partial charge is 0.415 e. The molecule has 2 N–H and O–H groups in total. The SMILES string of the molecule is C=C(/C=C\C(=C/C)C(=O)Nc1ccc(C)c(C(C)NC2C=NC3=C(P2)[N+](CC)=C3)c1)C(F)(F)F. The Labute approximate surface area is 199 Å². The lowest BCUT2D eigenvalue weighted by molar-refractivity contribution is -0.467. The van der Waals surface area contributed by atoms with Gasteiger partial charge in [-0.3, -0.25) is 10.1 Å². The average molecular weight is 490 g/mol. The van der Waals surface area contributed by atoms with E-state index < -0.39 is 17.7 Å². The zero-order chi connectivity index (χ0) is 25.0. The Balaban J connectivity index is 1.66. The molecule has 2 aliphatic rings. The number of nitrogens with zero attached hydrogens (tertiary/aromatic N) is 2. The summed E-state index contributed by atoms with van der Waals surface area (Å²) in [5.74, 6) is -0.374. The maximum Gasteiger partial charge on any atom is 0.415 e. The molecule has 0 saturated carbocycles. The van der Waals surface area contributed by atoms with Gasteiger partial charge in [-0.1, -0.05) is 18.7 Å². The van der Waals surface area contributed by atoms with E-state index in [1.165, 1.54) is 11.5 Å². The predicted molar refractivity (Wildman–Crippen MR) is 134 cm³/mol. The number of carbonyl (C=O) groups excluding carboxylic acids is 1. The third-order valence-electron chi connectivity index (χ3n) is 5.64. The molecular weight excluding hydrogens is 460 g/mol. The van der Waals surface area contributed by atoms with Gasteiger partial charge in [0.25, 0.3) is 5.91 Å². The first kappa shape index (κ1) is 25.8. The molecule has 1 aromatic rings. The number of amides is 1. The summed E-state index contributed by atoms with van der Waals surface area (Å²) in [4.78, 5) is 17.2. The second kappa shape index (κ2) is 10.6. The van der Waals surface area contributed by atoms with Gasteiger partial charge >= 0.3 is 6.18 Å². The third-order valence-corrected chi connectivity index (χ3v) is 7.08. The van der Waals surface area contributed by atoms with E-state index in [0.29, 0.717) is 14.3 Å². The van der Waals surface area contributed by atoms with Gasteiger partial charge in [0.05, 0.1) is 5.78 Å². The summed E-state index contributed by atoms with van der Waals surface area (Å²) >= 11 is 0. The number of halogens is 3. The number of hydrogen-bond donors (Lipinski definition) is 2. The molecule has 9 heteroatoms. The lowest BCUT2D eigenvalue weighted by atomic mass is 10.0. The molecule has 0 aliphatic carbocycles. The van der Waals surface area contributed by atoms with Crippen molar-refractivity contribution in [1.29, 1.82) is 0 Å². The molecule has 0 bridgehead atoms. The lowest BCUT2D eigenvalue weighted by Crippen LogP contribution is -2.35. The summed E-state index contributed by atoms with van der Waals surface area (Å²) < 4.78 is 40.2. The maximum absolute atomic E-state index is 12.7. The van der Waals surface area contributed by atoms with Crippen LogP contribution in [0.2, 0.25) is 0 Å². The number of aryl methyl sites for hydroxylation is 1. The molecule has 2 heterocycles. The Hall–Kier alpha value is -2.83. The minimum absolute atomic E-state index is 0.00159. The number of carbonyl (C=O) groups is 1. The van der Waals surface area contributed by atoms with Crippen LogP contribution in [0.15, 0.2) is 70.3 Å². The quantitative estimate of drug-likeness (QED) is 0.217. The van der Waals surface area contributed by atoms with Crippen LogP contribution in [0.1, 0.15) is 37.9 Å². The Morgan fingerprint density at radius 1 is 1.35 bits per heavy atom. The lowest BCUT2D eigenvalue weighted by Gasteiger charge is -2.26. The normalized spacial score (nSPS) is 19.7. The van der Waals surface area contributed by atoms with Crippen molar-refractivity contribution in [3.63, 3.8) is 0 Å². The maximum atomic E-state index is 12.7. The highest BCUT2D eigenvalue weighted by Crippen LogP contribution is 2.39. The van der Waals surface area contributed by atoms with Gasteiger partial charge in [0.2, 0.25) is 11.7 Å². The van der Waals surface area contributed by atoms with Crippen molar-refractivity contribution >= 4 is 32.6 Å². The van der Waals surface area contributed by atoms with Crippen molar-refractivity contribution in [1.82, 2.24) is 5.32 Å². The van der Waals surface area contributed by atoms with E-state index in [1.54, 1.807) is 13.0 Å². The molecule has 2 aliphatic heterocycles. The number of benzene rings is 1. The highest BCUT2D eigenvalue weighted by atomic mass is 31.1. The van der Waals surface area contributed by atoms with E-state index in [4.69, 9.17) is 0 Å². The summed E-state index contributed by atoms with van der Waals surface area (Å²) in [6.07, 6.45) is 2.84. The predicted octanol–water partition coefficient (Wildman–Crippen LogP) is 5.58. The minimum atomic E-state index is -4.53. The van der Waals surface area contributed by atoms with E-state index in [-0.39, 0.29) is 17.4 Å². The third kappa shape index (κ3) is 5.99. The fraction of sp³-hybridized carbons (Fsp3) is 0.320. The number of nitrogens with one attached hydrogen (secondary N) is 2. The second-order valence-corrected chi connectivity index (χ2v) is 9.45. The second-order valence-electron chi connectivity index (χ2n) is 8.06. The van der Waals surface area contributed by atoms with Gasteiger partial charge in [-0.2, -0.15) is 17.7 Å². The fourth-order valence-electron chi connectivity index (χ4n) is 3.61. The van der Waals surface area contributed by atoms with Crippen LogP contribution in [0.5, 0.6) is 0 Å². The standard InChI is InChI=1S/C25H28F3N4OP/c1-6-18(10-9-16(4)25(26,27)28)23(33)31-19-11-8-15(3)20(12-19)17(5)30-22-13-29-21-14-32(7-2)24(21)34-22/h6,8-14,17,22,30,34H,4,7H2,1-3,5H3/p+1/b10-9-,18-6+. The van der Waals surface area contributed by atoms with Gasteiger partial charge in [-0.25, -0.2) is 4.99 Å². The highest BCUT2D eigenvalue weighted by molar-refractivity contribution is 7.44. The topological polar surface area (TPSA) is 56.5 Å². The molecule has 34 heavy (non-hydrogen) atoms. The molecule has 0 radical (unpaired) electrons. The van der Waals surface area contributed by atoms with Crippen molar-refractivity contribution in [2.24, 2.45) is 4.99 Å². The van der Waals surface area contributed by atoms with E-state index in [2.05, 4.69) is 46.8 Å². The molecule has 0 spiro atoms. The van der Waals surface area contributed by atoms with Crippen LogP contribution in [0.25, 0.3) is 0 Å². The van der Waals surface area contributed by atoms with Gasteiger partial charge in [0.15, 0.2) is 5.70 Å². The molecule has 0 fully saturated rings. The van der Waals surface area contributed by atoms with Crippen molar-refractivity contribution in [3.05, 3.63) is 76.4 Å². The molecule has 1 amide bonds. The van der Waals surface area contributed by atoms with E-state index in [9.17, 15) is 18.0 Å². The summed E-state index contributed by atoms with van der Waals surface area (Å²) in [5.41, 5.74) is 4.07. The van der Waals surface area contributed by atoms with Gasteiger partial charge in [-0.15, -0.1) is 0 Å². The summed E-state index contributed by atoms with van der Waals surface area (Å²) in [7, 11) is 0.580. The van der Waals surface area contributed by atoms with Crippen LogP contribution in [0.4, 0.5) is 18.9 Å². The number of hydrogen-bond acceptors (Lipinski definition) is 3. The Kier molecular flexibility index (Phi) is 8.05. The van der Waals surface area contributed by atoms with Gasteiger partial charge in [-0.05, 0) is 63.1 Å². The first-order chi connectivity index (χ1) is 16.0. The van der Waals surface area contributed by atoms with Crippen molar-refractivity contribution < 1.29 is 22.5 Å². The van der Waals surface area contributed by atoms with Gasteiger partial charge in [0.1, 0.15) is 6.54 Å². The summed E-state index contributed by atoms with van der Waals surface area (Å²) in [6, 6.07) is 5.58. The van der Waals surface area contributed by atoms with E-state index >= 15 is 0 Å². The van der Waals surface area contributed by atoms with E-state index in [1.807, 2.05) is 25.3 Å². The number of rotatable bonds is 8. The Bertz CT molecular complexity index is 1150. The first-order valence-electron chi connectivity index (χ1n) is 11.0. The molecule has 0 saturated heterocycles. The molecule has 5 nitrogen and oxygen atoms in total. The molecule has 1 aromatic carbocycles. The minimum Gasteiger partial charge on any atom is -0.322 e. The summed E-state index contributed by atoms with van der Waals surface area (Å²) in [5, 5.41) is 6.38. The monoisotopic (exact) mass is 489 g/mol. The number of anilines is 1. The smallest absolute Gasteiger partial charge is 0.322 e. The first-order valence-corrected chi connectivity index (χ1v) is 12.1. The van der Waals surface area contributed by atoms with Crippen molar-refractivity contribution in [2.45, 2.75) is 45.7 Å². The van der Waals surface area contributed by atoms with Gasteiger partial charge < -0.3 is 5.32 Å². The molecule has 3 rings (SSSR count). The molecule has 180 valence electrons. The van der Waals surface area contributed by atoms with Crippen LogP contribution in [-0.4, -0.2) is 41.4 Å². The average Bonchev–Trinajstić information content (AvgIpc) is 2.76. The zero-order valence-corrected chi connectivity index (χ0v) is 20.6. The number of allylic oxidation sites excluding steroid dienone is 4. The molecule has 3 unspecified atom stereocenters. The molecule has 0 aromatic heterocycles. The van der Waals surface area contributed by atoms with Crippen molar-refractivity contribution in [3.8, 4) is 0 Å². The van der Waals surface area contributed by atoms with Crippen LogP contribution in [-0.2, 0) is 4.79 Å². The summed E-state index contributed by atoms with van der Waals surface area (Å²) in [6.45, 7) is 11.7. The van der Waals surface area contributed by atoms with Crippen LogP contribution >= 0.6 is 8.58 Å². The highest BCUT2D eigenvalue weighted by Gasteiger charge is 2.33. The van der Waals surface area contributed by atoms with Crippen LogP contribution in [0.3, 0.4) is 0 Å². The molecule has 3 atom stereocenters. The fourth-order valence-corrected chi connectivity index (χ4v) is 5.06. The van der Waals surface area contributed by atoms with Crippen LogP contribution in [0, 0.1) is 6.92 Å². The zero-order valence-electron chi connectivity index (χ0n) is 19.6. The van der Waals surface area contributed by atoms with Crippen molar-refractivity contribution in [2.75, 3.05) is 11.9 Å². The van der Waals surface area contributed by atoms with E-state index in [0.717, 1.165) is 35.5 Å². The molecular formula is C25H29F3N4OP+. The Morgan fingerprint density at radius 2 is 2.09 bits per heavy atom. The van der Waals surface area contributed by atoms with Gasteiger partial charge in [0, 0.05) is 37.7 Å². The van der Waals surface area contributed by atoms with Crippen LogP contribution < -0.4 is 10.6 Å². The number of alkyl halides is 3. The Morgan fingerprint density at radius 3 is 2.74 bits per heavy atom.